The maximum absolute atomic E-state index is 13.5. The van der Waals surface area contributed by atoms with Crippen LogP contribution in [0.1, 0.15) is 17.2 Å². The molecule has 0 fully saturated rings. The minimum absolute atomic E-state index is 0.104. The molecule has 0 radical (unpaired) electrons. The van der Waals surface area contributed by atoms with E-state index in [4.69, 9.17) is 29.0 Å². The maximum atomic E-state index is 13.5. The van der Waals surface area contributed by atoms with Crippen molar-refractivity contribution >= 4 is 39.1 Å². The van der Waals surface area contributed by atoms with Crippen molar-refractivity contribution in [2.75, 3.05) is 0 Å². The SMILES string of the molecule is NNC(Cc1ccc(Cl)c(F)c1)c1ccc(Br)cc1Cl. The van der Waals surface area contributed by atoms with Crippen LogP contribution in [0.5, 0.6) is 0 Å². The van der Waals surface area contributed by atoms with E-state index in [-0.39, 0.29) is 11.1 Å². The lowest BCUT2D eigenvalue weighted by Gasteiger charge is -2.18. The van der Waals surface area contributed by atoms with E-state index in [0.717, 1.165) is 15.6 Å². The summed E-state index contributed by atoms with van der Waals surface area (Å²) in [5, 5.41) is 0.699. The third-order valence-electron chi connectivity index (χ3n) is 2.96. The van der Waals surface area contributed by atoms with Gasteiger partial charge in [0.25, 0.3) is 0 Å². The van der Waals surface area contributed by atoms with Gasteiger partial charge in [0.1, 0.15) is 5.82 Å². The lowest BCUT2D eigenvalue weighted by molar-refractivity contribution is 0.548. The summed E-state index contributed by atoms with van der Waals surface area (Å²) in [7, 11) is 0. The fourth-order valence-electron chi connectivity index (χ4n) is 1.95. The standard InChI is InChI=1S/C14H12BrCl2FN2/c15-9-2-3-10(12(17)7-9)14(20-19)6-8-1-4-11(16)13(18)5-8/h1-5,7,14,20H,6,19H2. The number of rotatable bonds is 4. The highest BCUT2D eigenvalue weighted by atomic mass is 79.9. The third kappa shape index (κ3) is 3.71. The van der Waals surface area contributed by atoms with Gasteiger partial charge in [-0.05, 0) is 41.8 Å². The summed E-state index contributed by atoms with van der Waals surface area (Å²) in [6.07, 6.45) is 0.506. The molecular weight excluding hydrogens is 366 g/mol. The van der Waals surface area contributed by atoms with Crippen LogP contribution in [-0.2, 0) is 6.42 Å². The molecule has 0 aliphatic carbocycles. The van der Waals surface area contributed by atoms with Gasteiger partial charge in [0.05, 0.1) is 11.1 Å². The first-order chi connectivity index (χ1) is 9.51. The van der Waals surface area contributed by atoms with Gasteiger partial charge in [-0.15, -0.1) is 0 Å². The van der Waals surface area contributed by atoms with E-state index < -0.39 is 5.82 Å². The highest BCUT2D eigenvalue weighted by Crippen LogP contribution is 2.28. The van der Waals surface area contributed by atoms with Gasteiger partial charge in [0, 0.05) is 9.50 Å². The molecule has 2 aromatic carbocycles. The Balaban J connectivity index is 2.26. The van der Waals surface area contributed by atoms with E-state index in [1.54, 1.807) is 12.1 Å². The van der Waals surface area contributed by atoms with E-state index in [0.29, 0.717) is 11.4 Å². The molecule has 0 amide bonds. The van der Waals surface area contributed by atoms with Crippen LogP contribution in [0, 0.1) is 5.82 Å². The molecule has 106 valence electrons. The second kappa shape index (κ2) is 6.87. The number of nitrogens with one attached hydrogen (secondary N) is 1. The number of hydrogen-bond acceptors (Lipinski definition) is 2. The summed E-state index contributed by atoms with van der Waals surface area (Å²) in [6.45, 7) is 0. The fraction of sp³-hybridized carbons (Fsp3) is 0.143. The Morgan fingerprint density at radius 3 is 2.50 bits per heavy atom. The predicted octanol–water partition coefficient (Wildman–Crippen LogP) is 4.64. The predicted molar refractivity (Wildman–Crippen MR) is 84.3 cm³/mol. The molecule has 0 aliphatic heterocycles. The molecule has 1 atom stereocenters. The van der Waals surface area contributed by atoms with Crippen molar-refractivity contribution in [1.29, 1.82) is 0 Å². The van der Waals surface area contributed by atoms with Gasteiger partial charge in [-0.1, -0.05) is 51.3 Å². The van der Waals surface area contributed by atoms with Crippen LogP contribution in [0.4, 0.5) is 4.39 Å². The Labute approximate surface area is 135 Å². The summed E-state index contributed by atoms with van der Waals surface area (Å²) in [5.74, 6) is 5.14. The first-order valence-electron chi connectivity index (χ1n) is 5.86. The van der Waals surface area contributed by atoms with Crippen molar-refractivity contribution in [3.05, 3.63) is 67.9 Å². The van der Waals surface area contributed by atoms with Gasteiger partial charge in [-0.3, -0.25) is 11.3 Å². The van der Waals surface area contributed by atoms with Crippen LogP contribution in [-0.4, -0.2) is 0 Å². The zero-order valence-corrected chi connectivity index (χ0v) is 13.4. The summed E-state index contributed by atoms with van der Waals surface area (Å²) in [6, 6.07) is 10.0. The highest BCUT2D eigenvalue weighted by molar-refractivity contribution is 9.10. The van der Waals surface area contributed by atoms with Crippen LogP contribution in [0.25, 0.3) is 0 Å². The molecule has 0 aliphatic rings. The molecule has 0 heterocycles. The molecule has 6 heteroatoms. The van der Waals surface area contributed by atoms with Gasteiger partial charge in [0.2, 0.25) is 0 Å². The highest BCUT2D eigenvalue weighted by Gasteiger charge is 2.15. The first-order valence-corrected chi connectivity index (χ1v) is 7.41. The minimum atomic E-state index is -0.443. The minimum Gasteiger partial charge on any atom is -0.271 e. The second-order valence-electron chi connectivity index (χ2n) is 4.34. The topological polar surface area (TPSA) is 38.0 Å². The number of hydrazine groups is 1. The lowest BCUT2D eigenvalue weighted by atomic mass is 9.99. The molecule has 1 unspecified atom stereocenters. The molecule has 3 N–H and O–H groups in total. The average molecular weight is 378 g/mol. The molecule has 2 rings (SSSR count). The van der Waals surface area contributed by atoms with Crippen molar-refractivity contribution in [3.8, 4) is 0 Å². The van der Waals surface area contributed by atoms with Crippen LogP contribution >= 0.6 is 39.1 Å². The van der Waals surface area contributed by atoms with Crippen LogP contribution in [0.2, 0.25) is 10.0 Å². The largest absolute Gasteiger partial charge is 0.271 e. The Kier molecular flexibility index (Phi) is 5.41. The number of nitrogens with two attached hydrogens (primary N) is 1. The fourth-order valence-corrected chi connectivity index (χ4v) is 2.87. The number of halogens is 4. The average Bonchev–Trinajstić information content (AvgIpc) is 2.41. The molecule has 20 heavy (non-hydrogen) atoms. The van der Waals surface area contributed by atoms with Crippen molar-refractivity contribution in [2.45, 2.75) is 12.5 Å². The quantitative estimate of drug-likeness (QED) is 0.601. The Morgan fingerprint density at radius 1 is 1.15 bits per heavy atom. The van der Waals surface area contributed by atoms with Gasteiger partial charge in [-0.2, -0.15) is 0 Å². The number of benzene rings is 2. The second-order valence-corrected chi connectivity index (χ2v) is 6.07. The van der Waals surface area contributed by atoms with Gasteiger partial charge >= 0.3 is 0 Å². The summed E-state index contributed by atoms with van der Waals surface area (Å²) < 4.78 is 14.3. The summed E-state index contributed by atoms with van der Waals surface area (Å²) in [5.41, 5.74) is 4.35. The zero-order chi connectivity index (χ0) is 14.7. The van der Waals surface area contributed by atoms with Crippen molar-refractivity contribution in [2.24, 2.45) is 5.84 Å². The van der Waals surface area contributed by atoms with E-state index in [1.165, 1.54) is 12.1 Å². The molecular formula is C14H12BrCl2FN2. The zero-order valence-electron chi connectivity index (χ0n) is 10.3. The van der Waals surface area contributed by atoms with Crippen molar-refractivity contribution < 1.29 is 4.39 Å². The van der Waals surface area contributed by atoms with Crippen LogP contribution in [0.15, 0.2) is 40.9 Å². The Morgan fingerprint density at radius 2 is 1.90 bits per heavy atom. The smallest absolute Gasteiger partial charge is 0.142 e. The van der Waals surface area contributed by atoms with E-state index >= 15 is 0 Å². The maximum Gasteiger partial charge on any atom is 0.142 e. The molecule has 2 aromatic rings. The van der Waals surface area contributed by atoms with Gasteiger partial charge in [-0.25, -0.2) is 4.39 Å². The van der Waals surface area contributed by atoms with Crippen molar-refractivity contribution in [1.82, 2.24) is 5.43 Å². The molecule has 0 saturated heterocycles. The van der Waals surface area contributed by atoms with Crippen LogP contribution in [0.3, 0.4) is 0 Å². The first kappa shape index (κ1) is 15.7. The number of hydrogen-bond donors (Lipinski definition) is 2. The van der Waals surface area contributed by atoms with Gasteiger partial charge < -0.3 is 0 Å². The molecule has 0 spiro atoms. The lowest BCUT2D eigenvalue weighted by Crippen LogP contribution is -2.29. The van der Waals surface area contributed by atoms with Crippen molar-refractivity contribution in [3.63, 3.8) is 0 Å². The Bertz CT molecular complexity index is 622. The van der Waals surface area contributed by atoms with E-state index in [9.17, 15) is 4.39 Å². The monoisotopic (exact) mass is 376 g/mol. The summed E-state index contributed by atoms with van der Waals surface area (Å²) in [4.78, 5) is 0. The third-order valence-corrected chi connectivity index (χ3v) is 4.09. The Hall–Kier alpha value is -0.650. The summed E-state index contributed by atoms with van der Waals surface area (Å²) >= 11 is 15.2. The van der Waals surface area contributed by atoms with E-state index in [2.05, 4.69) is 21.4 Å². The molecule has 0 aromatic heterocycles. The molecule has 0 saturated carbocycles. The normalized spacial score (nSPS) is 12.4. The van der Waals surface area contributed by atoms with Crippen LogP contribution < -0.4 is 11.3 Å². The molecule has 0 bridgehead atoms. The van der Waals surface area contributed by atoms with E-state index in [1.807, 2.05) is 12.1 Å². The van der Waals surface area contributed by atoms with Gasteiger partial charge in [0.15, 0.2) is 0 Å². The molecule has 2 nitrogen and oxygen atoms in total.